The zero-order valence-corrected chi connectivity index (χ0v) is 11.1. The fourth-order valence-corrected chi connectivity index (χ4v) is 1.78. The van der Waals surface area contributed by atoms with E-state index in [1.54, 1.807) is 6.07 Å². The summed E-state index contributed by atoms with van der Waals surface area (Å²) in [6.45, 7) is 4.29. The Bertz CT molecular complexity index is 326. The number of hydrogen-bond donors (Lipinski definition) is 2. The van der Waals surface area contributed by atoms with E-state index < -0.39 is 0 Å². The first-order valence-corrected chi connectivity index (χ1v) is 6.26. The Labute approximate surface area is 104 Å². The molecule has 17 heavy (non-hydrogen) atoms. The van der Waals surface area contributed by atoms with Crippen LogP contribution in [0.15, 0.2) is 24.3 Å². The summed E-state index contributed by atoms with van der Waals surface area (Å²) in [5.74, 6) is 0.337. The number of phenolic OH excluding ortho intramolecular Hbond substituents is 1. The number of phenols is 1. The zero-order valence-electron chi connectivity index (χ0n) is 11.1. The molecule has 1 aromatic carbocycles. The second-order valence-corrected chi connectivity index (χ2v) is 4.78. The van der Waals surface area contributed by atoms with Gasteiger partial charge in [-0.1, -0.05) is 12.1 Å². The van der Waals surface area contributed by atoms with Crippen molar-refractivity contribution in [3.05, 3.63) is 29.8 Å². The maximum Gasteiger partial charge on any atom is 0.115 e. The summed E-state index contributed by atoms with van der Waals surface area (Å²) in [6, 6.07) is 7.73. The summed E-state index contributed by atoms with van der Waals surface area (Å²) in [6.07, 6.45) is 2.40. The van der Waals surface area contributed by atoms with Gasteiger partial charge in [0, 0.05) is 6.04 Å². The Hall–Kier alpha value is -1.06. The van der Waals surface area contributed by atoms with Crippen LogP contribution in [0.25, 0.3) is 0 Å². The van der Waals surface area contributed by atoms with Crippen LogP contribution in [0.2, 0.25) is 0 Å². The summed E-state index contributed by atoms with van der Waals surface area (Å²) in [4.78, 5) is 2.21. The summed E-state index contributed by atoms with van der Waals surface area (Å²) >= 11 is 0. The number of rotatable bonds is 7. The molecule has 1 atom stereocenters. The summed E-state index contributed by atoms with van der Waals surface area (Å²) < 4.78 is 0. The average molecular weight is 236 g/mol. The Kier molecular flexibility index (Phi) is 6.01. The van der Waals surface area contributed by atoms with Crippen molar-refractivity contribution in [2.45, 2.75) is 25.8 Å². The van der Waals surface area contributed by atoms with Crippen LogP contribution >= 0.6 is 0 Å². The zero-order chi connectivity index (χ0) is 12.7. The van der Waals surface area contributed by atoms with Crippen LogP contribution < -0.4 is 5.32 Å². The van der Waals surface area contributed by atoms with E-state index in [0.717, 1.165) is 18.7 Å². The molecule has 3 heteroatoms. The molecule has 0 amide bonds. The van der Waals surface area contributed by atoms with Gasteiger partial charge < -0.3 is 15.3 Å². The van der Waals surface area contributed by atoms with Crippen molar-refractivity contribution in [2.24, 2.45) is 0 Å². The molecule has 0 radical (unpaired) electrons. The lowest BCUT2D eigenvalue weighted by molar-refractivity contribution is 0.389. The van der Waals surface area contributed by atoms with E-state index >= 15 is 0 Å². The van der Waals surface area contributed by atoms with Crippen LogP contribution in [0.5, 0.6) is 5.75 Å². The molecule has 0 aliphatic carbocycles. The maximum absolute atomic E-state index is 9.40. The first-order chi connectivity index (χ1) is 8.09. The van der Waals surface area contributed by atoms with Crippen LogP contribution in [-0.4, -0.2) is 37.2 Å². The standard InChI is InChI=1S/C14H24N2O/c1-12(13-7-6-8-14(17)11-13)15-9-4-5-10-16(2)3/h6-8,11-12,15,17H,4-5,9-10H2,1-3H3. The molecule has 0 saturated carbocycles. The van der Waals surface area contributed by atoms with E-state index in [4.69, 9.17) is 0 Å². The second-order valence-electron chi connectivity index (χ2n) is 4.78. The highest BCUT2D eigenvalue weighted by atomic mass is 16.3. The fraction of sp³-hybridized carbons (Fsp3) is 0.571. The smallest absolute Gasteiger partial charge is 0.115 e. The maximum atomic E-state index is 9.40. The predicted molar refractivity (Wildman–Crippen MR) is 72.3 cm³/mol. The largest absolute Gasteiger partial charge is 0.508 e. The molecule has 96 valence electrons. The molecule has 1 aromatic rings. The van der Waals surface area contributed by atoms with E-state index in [-0.39, 0.29) is 0 Å². The third-order valence-corrected chi connectivity index (χ3v) is 2.85. The van der Waals surface area contributed by atoms with Gasteiger partial charge in [0.25, 0.3) is 0 Å². The van der Waals surface area contributed by atoms with Gasteiger partial charge in [-0.15, -0.1) is 0 Å². The lowest BCUT2D eigenvalue weighted by Gasteiger charge is -2.15. The molecule has 0 spiro atoms. The minimum Gasteiger partial charge on any atom is -0.508 e. The molecule has 0 fully saturated rings. The molecule has 3 nitrogen and oxygen atoms in total. The monoisotopic (exact) mass is 236 g/mol. The van der Waals surface area contributed by atoms with Gasteiger partial charge in [0.1, 0.15) is 5.75 Å². The van der Waals surface area contributed by atoms with E-state index in [9.17, 15) is 5.11 Å². The topological polar surface area (TPSA) is 35.5 Å². The van der Waals surface area contributed by atoms with Crippen molar-refractivity contribution in [2.75, 3.05) is 27.2 Å². The van der Waals surface area contributed by atoms with E-state index in [1.807, 2.05) is 18.2 Å². The number of nitrogens with one attached hydrogen (secondary N) is 1. The van der Waals surface area contributed by atoms with E-state index in [1.165, 1.54) is 12.8 Å². The van der Waals surface area contributed by atoms with Crippen LogP contribution in [0.3, 0.4) is 0 Å². The van der Waals surface area contributed by atoms with Gasteiger partial charge in [-0.2, -0.15) is 0 Å². The van der Waals surface area contributed by atoms with E-state index in [2.05, 4.69) is 31.2 Å². The molecular formula is C14H24N2O. The number of hydrogen-bond acceptors (Lipinski definition) is 3. The van der Waals surface area contributed by atoms with Crippen molar-refractivity contribution < 1.29 is 5.11 Å². The summed E-state index contributed by atoms with van der Waals surface area (Å²) in [7, 11) is 4.20. The highest BCUT2D eigenvalue weighted by Gasteiger charge is 2.04. The Balaban J connectivity index is 2.23. The third-order valence-electron chi connectivity index (χ3n) is 2.85. The van der Waals surface area contributed by atoms with Gasteiger partial charge in [0.15, 0.2) is 0 Å². The van der Waals surface area contributed by atoms with Gasteiger partial charge in [0.05, 0.1) is 0 Å². The quantitative estimate of drug-likeness (QED) is 0.714. The first-order valence-electron chi connectivity index (χ1n) is 6.26. The lowest BCUT2D eigenvalue weighted by atomic mass is 10.1. The van der Waals surface area contributed by atoms with E-state index in [0.29, 0.717) is 11.8 Å². The highest BCUT2D eigenvalue weighted by Crippen LogP contribution is 2.17. The van der Waals surface area contributed by atoms with Crippen molar-refractivity contribution in [1.82, 2.24) is 10.2 Å². The van der Waals surface area contributed by atoms with Crippen molar-refractivity contribution in [1.29, 1.82) is 0 Å². The number of aromatic hydroxyl groups is 1. The molecule has 1 rings (SSSR count). The molecule has 1 unspecified atom stereocenters. The number of unbranched alkanes of at least 4 members (excludes halogenated alkanes) is 1. The van der Waals surface area contributed by atoms with Gasteiger partial charge in [0.2, 0.25) is 0 Å². The van der Waals surface area contributed by atoms with Crippen LogP contribution in [-0.2, 0) is 0 Å². The van der Waals surface area contributed by atoms with Crippen LogP contribution in [0.4, 0.5) is 0 Å². The second kappa shape index (κ2) is 7.30. The SMILES string of the molecule is CC(NCCCCN(C)C)c1cccc(O)c1. The van der Waals surface area contributed by atoms with Crippen LogP contribution in [0, 0.1) is 0 Å². The minimum absolute atomic E-state index is 0.293. The molecule has 2 N–H and O–H groups in total. The molecule has 0 aliphatic heterocycles. The Morgan fingerprint density at radius 2 is 2.06 bits per heavy atom. The predicted octanol–water partition coefficient (Wildman–Crippen LogP) is 2.38. The van der Waals surface area contributed by atoms with Crippen molar-refractivity contribution in [3.63, 3.8) is 0 Å². The molecule has 0 aliphatic rings. The molecule has 0 bridgehead atoms. The van der Waals surface area contributed by atoms with Crippen LogP contribution in [0.1, 0.15) is 31.4 Å². The number of nitrogens with zero attached hydrogens (tertiary/aromatic N) is 1. The van der Waals surface area contributed by atoms with Crippen molar-refractivity contribution in [3.8, 4) is 5.75 Å². The van der Waals surface area contributed by atoms with Gasteiger partial charge in [-0.05, 0) is 64.6 Å². The first kappa shape index (κ1) is 14.0. The molecular weight excluding hydrogens is 212 g/mol. The highest BCUT2D eigenvalue weighted by molar-refractivity contribution is 5.28. The number of benzene rings is 1. The molecule has 0 aromatic heterocycles. The van der Waals surface area contributed by atoms with Gasteiger partial charge in [-0.25, -0.2) is 0 Å². The third kappa shape index (κ3) is 5.71. The fourth-order valence-electron chi connectivity index (χ4n) is 1.78. The normalized spacial score (nSPS) is 12.9. The summed E-state index contributed by atoms with van der Waals surface area (Å²) in [5.41, 5.74) is 1.14. The average Bonchev–Trinajstić information content (AvgIpc) is 2.28. The van der Waals surface area contributed by atoms with Gasteiger partial charge in [-0.3, -0.25) is 0 Å². The van der Waals surface area contributed by atoms with Gasteiger partial charge >= 0.3 is 0 Å². The summed E-state index contributed by atoms with van der Waals surface area (Å²) in [5, 5.41) is 12.9. The minimum atomic E-state index is 0.293. The van der Waals surface area contributed by atoms with Crippen molar-refractivity contribution >= 4 is 0 Å². The molecule has 0 heterocycles. The Morgan fingerprint density at radius 1 is 1.29 bits per heavy atom. The lowest BCUT2D eigenvalue weighted by Crippen LogP contribution is -2.21. The molecule has 0 saturated heterocycles. The Morgan fingerprint density at radius 3 is 2.71 bits per heavy atom.